The Morgan fingerprint density at radius 3 is 1.49 bits per heavy atom. The lowest BCUT2D eigenvalue weighted by Gasteiger charge is -2.32. The third-order valence-electron chi connectivity index (χ3n) is 5.17. The molecule has 18 heteroatoms. The van der Waals surface area contributed by atoms with Gasteiger partial charge in [0, 0.05) is 30.4 Å². The number of anilines is 2. The van der Waals surface area contributed by atoms with Gasteiger partial charge in [-0.1, -0.05) is 0 Å². The first-order valence-electron chi connectivity index (χ1n) is 9.87. The Morgan fingerprint density at radius 1 is 0.667 bits per heavy atom. The van der Waals surface area contributed by atoms with Crippen LogP contribution in [-0.2, 0) is 19.2 Å². The molecule has 0 saturated carbocycles. The van der Waals surface area contributed by atoms with Crippen molar-refractivity contribution in [1.29, 1.82) is 0 Å². The molecule has 7 nitrogen and oxygen atoms in total. The average molecular weight is 578 g/mol. The molecule has 4 amide bonds. The molecule has 1 aromatic rings. The second kappa shape index (κ2) is 9.19. The number of nitrogens with zero attached hydrogens (tertiary/aromatic N) is 2. The summed E-state index contributed by atoms with van der Waals surface area (Å²) in [7, 11) is 0. The van der Waals surface area contributed by atoms with Crippen LogP contribution in [0.1, 0.15) is 5.56 Å². The number of hydrogen-bond acceptors (Lipinski definition) is 5. The van der Waals surface area contributed by atoms with Gasteiger partial charge in [0.15, 0.2) is 5.75 Å². The SMILES string of the molecule is Cc1cc(N2C(=O)C=CC2=O)c(OC(F)=C(F)C(F)(F)C(F)(F)C(F)(F)C(F)(F)F)cc1N1C(=O)C=CC1=O. The molecular weight excluding hydrogens is 569 g/mol. The van der Waals surface area contributed by atoms with E-state index in [2.05, 4.69) is 4.74 Å². The van der Waals surface area contributed by atoms with Crippen molar-refractivity contribution in [3.05, 3.63) is 53.8 Å². The van der Waals surface area contributed by atoms with Gasteiger partial charge in [0.2, 0.25) is 5.83 Å². The minimum Gasteiger partial charge on any atom is -0.427 e. The second-order valence-corrected chi connectivity index (χ2v) is 7.71. The van der Waals surface area contributed by atoms with Gasteiger partial charge >= 0.3 is 30.0 Å². The van der Waals surface area contributed by atoms with Crippen LogP contribution in [0.5, 0.6) is 5.75 Å². The maximum atomic E-state index is 14.4. The van der Waals surface area contributed by atoms with Crippen LogP contribution in [-0.4, -0.2) is 47.6 Å². The molecule has 0 aliphatic carbocycles. The smallest absolute Gasteiger partial charge is 0.427 e. The van der Waals surface area contributed by atoms with Gasteiger partial charge in [-0.25, -0.2) is 9.80 Å². The molecule has 2 aliphatic rings. The minimum absolute atomic E-state index is 0.147. The first-order valence-corrected chi connectivity index (χ1v) is 9.87. The summed E-state index contributed by atoms with van der Waals surface area (Å²) >= 11 is 0. The summed E-state index contributed by atoms with van der Waals surface area (Å²) < 4.78 is 150. The topological polar surface area (TPSA) is 84.0 Å². The second-order valence-electron chi connectivity index (χ2n) is 7.71. The number of benzene rings is 1. The summed E-state index contributed by atoms with van der Waals surface area (Å²) in [6, 6.07) is -2.39. The van der Waals surface area contributed by atoms with Crippen LogP contribution in [0.15, 0.2) is 48.3 Å². The Labute approximate surface area is 208 Å². The quantitative estimate of drug-likeness (QED) is 0.264. The fourth-order valence-electron chi connectivity index (χ4n) is 3.21. The maximum absolute atomic E-state index is 14.4. The Morgan fingerprint density at radius 2 is 1.08 bits per heavy atom. The van der Waals surface area contributed by atoms with Gasteiger partial charge < -0.3 is 4.74 Å². The molecule has 0 aromatic heterocycles. The zero-order valence-electron chi connectivity index (χ0n) is 18.6. The Hall–Kier alpha value is -4.25. The van der Waals surface area contributed by atoms with Gasteiger partial charge in [-0.15, -0.1) is 0 Å². The minimum atomic E-state index is -7.59. The van der Waals surface area contributed by atoms with E-state index in [4.69, 9.17) is 0 Å². The molecule has 0 fully saturated rings. The summed E-state index contributed by atoms with van der Waals surface area (Å²) in [5.74, 6) is -32.4. The van der Waals surface area contributed by atoms with E-state index in [0.29, 0.717) is 29.2 Å². The average Bonchev–Trinajstić information content (AvgIpc) is 3.32. The molecule has 210 valence electrons. The Bertz CT molecular complexity index is 1340. The van der Waals surface area contributed by atoms with E-state index in [-0.39, 0.29) is 10.5 Å². The lowest BCUT2D eigenvalue weighted by Crippen LogP contribution is -2.61. The molecular formula is C21H9F11N2O5. The van der Waals surface area contributed by atoms with Crippen LogP contribution in [0.3, 0.4) is 0 Å². The fourth-order valence-corrected chi connectivity index (χ4v) is 3.21. The number of carbonyl (C=O) groups excluding carboxylic acids is 4. The van der Waals surface area contributed by atoms with E-state index in [1.807, 2.05) is 0 Å². The highest BCUT2D eigenvalue weighted by Gasteiger charge is 2.83. The maximum Gasteiger partial charge on any atom is 0.460 e. The number of amides is 4. The Balaban J connectivity index is 2.17. The van der Waals surface area contributed by atoms with Gasteiger partial charge in [-0.05, 0) is 18.6 Å². The van der Waals surface area contributed by atoms with Gasteiger partial charge in [0.1, 0.15) is 0 Å². The van der Waals surface area contributed by atoms with E-state index in [0.717, 1.165) is 19.1 Å². The van der Waals surface area contributed by atoms with Crippen molar-refractivity contribution in [1.82, 2.24) is 0 Å². The summed E-state index contributed by atoms with van der Waals surface area (Å²) in [4.78, 5) is 48.6. The highest BCUT2D eigenvalue weighted by atomic mass is 19.4. The molecule has 3 rings (SSSR count). The van der Waals surface area contributed by atoms with E-state index in [9.17, 15) is 67.5 Å². The third kappa shape index (κ3) is 4.52. The Kier molecular flexibility index (Phi) is 6.91. The lowest BCUT2D eigenvalue weighted by atomic mass is 10.0. The summed E-state index contributed by atoms with van der Waals surface area (Å²) in [5, 5.41) is 0. The van der Waals surface area contributed by atoms with Crippen molar-refractivity contribution in [2.75, 3.05) is 9.80 Å². The van der Waals surface area contributed by atoms with Crippen molar-refractivity contribution < 1.29 is 72.2 Å². The molecule has 0 N–H and O–H groups in total. The summed E-state index contributed by atoms with van der Waals surface area (Å²) in [5.41, 5.74) is -1.64. The van der Waals surface area contributed by atoms with Crippen LogP contribution < -0.4 is 14.5 Å². The summed E-state index contributed by atoms with van der Waals surface area (Å²) in [6.07, 6.45) is -4.60. The van der Waals surface area contributed by atoms with Crippen LogP contribution in [0.2, 0.25) is 0 Å². The van der Waals surface area contributed by atoms with E-state index in [1.54, 1.807) is 0 Å². The number of rotatable bonds is 7. The number of alkyl halides is 9. The molecule has 1 aromatic carbocycles. The lowest BCUT2D eigenvalue weighted by molar-refractivity contribution is -0.392. The first-order chi connectivity index (χ1) is 17.7. The number of halogens is 11. The van der Waals surface area contributed by atoms with Gasteiger partial charge in [0.25, 0.3) is 23.6 Å². The van der Waals surface area contributed by atoms with Gasteiger partial charge in [-0.2, -0.15) is 48.3 Å². The predicted molar refractivity (Wildman–Crippen MR) is 105 cm³/mol. The fraction of sp³-hybridized carbons (Fsp3) is 0.238. The monoisotopic (exact) mass is 578 g/mol. The zero-order valence-corrected chi connectivity index (χ0v) is 18.6. The van der Waals surface area contributed by atoms with Crippen molar-refractivity contribution in [2.24, 2.45) is 0 Å². The molecule has 0 atom stereocenters. The van der Waals surface area contributed by atoms with Crippen LogP contribution in [0.25, 0.3) is 0 Å². The predicted octanol–water partition coefficient (Wildman–Crippen LogP) is 4.81. The van der Waals surface area contributed by atoms with Gasteiger partial charge in [-0.3, -0.25) is 19.2 Å². The van der Waals surface area contributed by atoms with Crippen LogP contribution >= 0.6 is 0 Å². The molecule has 0 bridgehead atoms. The molecule has 0 saturated heterocycles. The molecule has 2 aliphatic heterocycles. The molecule has 0 radical (unpaired) electrons. The van der Waals surface area contributed by atoms with Crippen molar-refractivity contribution in [3.8, 4) is 5.75 Å². The molecule has 39 heavy (non-hydrogen) atoms. The van der Waals surface area contributed by atoms with E-state index in [1.165, 1.54) is 0 Å². The standard InChI is InChI=1S/C21H9F11N2O5/c1-8-6-10(34-14(37)4-5-15(34)38)11(7-9(8)33-12(35)2-3-13(33)36)39-17(23)16(22)18(24,25)19(26,27)20(28,29)21(30,31)32/h2-7H,1H3. The number of carbonyl (C=O) groups is 4. The van der Waals surface area contributed by atoms with Crippen LogP contribution in [0.4, 0.5) is 59.7 Å². The van der Waals surface area contributed by atoms with Crippen molar-refractivity contribution >= 4 is 35.0 Å². The first kappa shape index (κ1) is 29.3. The number of allylic oxidation sites excluding steroid dienone is 1. The molecule has 0 unspecified atom stereocenters. The molecule has 0 spiro atoms. The van der Waals surface area contributed by atoms with Crippen molar-refractivity contribution in [3.63, 3.8) is 0 Å². The number of aryl methyl sites for hydroxylation is 1. The van der Waals surface area contributed by atoms with Crippen LogP contribution in [0, 0.1) is 6.92 Å². The van der Waals surface area contributed by atoms with E-state index >= 15 is 0 Å². The molecule has 2 heterocycles. The number of imide groups is 2. The zero-order chi connectivity index (χ0) is 29.9. The van der Waals surface area contributed by atoms with Crippen molar-refractivity contribution in [2.45, 2.75) is 30.9 Å². The number of hydrogen-bond donors (Lipinski definition) is 0. The highest BCUT2D eigenvalue weighted by Crippen LogP contribution is 2.56. The third-order valence-corrected chi connectivity index (χ3v) is 5.17. The van der Waals surface area contributed by atoms with Gasteiger partial charge in [0.05, 0.1) is 11.4 Å². The highest BCUT2D eigenvalue weighted by molar-refractivity contribution is 6.30. The largest absolute Gasteiger partial charge is 0.460 e. The normalized spacial score (nSPS) is 17.5. The van der Waals surface area contributed by atoms with E-state index < -0.39 is 76.5 Å². The number of ether oxygens (including phenoxy) is 1. The summed E-state index contributed by atoms with van der Waals surface area (Å²) in [6.45, 7) is 1.14.